The van der Waals surface area contributed by atoms with Crippen LogP contribution in [0.4, 0.5) is 0 Å². The molecule has 1 N–H and O–H groups in total. The van der Waals surface area contributed by atoms with Gasteiger partial charge in [-0.25, -0.2) is 0 Å². The lowest BCUT2D eigenvalue weighted by Gasteiger charge is -2.14. The Morgan fingerprint density at radius 1 is 1.39 bits per heavy atom. The molecule has 2 rings (SSSR count). The Hall–Kier alpha value is -2.02. The maximum absolute atomic E-state index is 10.6. The van der Waals surface area contributed by atoms with Gasteiger partial charge >= 0.3 is 5.97 Å². The van der Waals surface area contributed by atoms with E-state index in [0.29, 0.717) is 23.5 Å². The van der Waals surface area contributed by atoms with Crippen molar-refractivity contribution in [3.05, 3.63) is 35.2 Å². The van der Waals surface area contributed by atoms with Gasteiger partial charge in [-0.3, -0.25) is 4.79 Å². The zero-order valence-corrected chi connectivity index (χ0v) is 14.6. The highest BCUT2D eigenvalue weighted by atomic mass is 32.2. The van der Waals surface area contributed by atoms with Crippen LogP contribution in [0.5, 0.6) is 5.75 Å². The first-order valence-corrected chi connectivity index (χ1v) is 8.33. The molecule has 1 aromatic carbocycles. The van der Waals surface area contributed by atoms with Crippen molar-refractivity contribution in [3.8, 4) is 5.75 Å². The summed E-state index contributed by atoms with van der Waals surface area (Å²) in [4.78, 5) is 10.6. The van der Waals surface area contributed by atoms with Crippen LogP contribution in [0.1, 0.15) is 36.7 Å². The molecule has 1 heterocycles. The van der Waals surface area contributed by atoms with Crippen LogP contribution in [0, 0.1) is 6.92 Å². The predicted octanol–water partition coefficient (Wildman–Crippen LogP) is 3.00. The van der Waals surface area contributed by atoms with Crippen molar-refractivity contribution >= 4 is 17.7 Å². The fourth-order valence-corrected chi connectivity index (χ4v) is 2.76. The van der Waals surface area contributed by atoms with Crippen LogP contribution in [-0.4, -0.2) is 31.6 Å². The van der Waals surface area contributed by atoms with E-state index in [0.717, 1.165) is 28.6 Å². The van der Waals surface area contributed by atoms with E-state index in [1.807, 2.05) is 20.0 Å². The Kier molecular flexibility index (Phi) is 5.65. The van der Waals surface area contributed by atoms with Crippen molar-refractivity contribution in [1.82, 2.24) is 14.8 Å². The van der Waals surface area contributed by atoms with Crippen molar-refractivity contribution in [2.75, 3.05) is 5.75 Å². The maximum atomic E-state index is 10.6. The Bertz CT molecular complexity index is 698. The summed E-state index contributed by atoms with van der Waals surface area (Å²) in [6.45, 7) is 6.57. The first-order chi connectivity index (χ1) is 10.9. The highest BCUT2D eigenvalue weighted by Crippen LogP contribution is 2.28. The average Bonchev–Trinajstić information content (AvgIpc) is 2.83. The number of hydrogen-bond acceptors (Lipinski definition) is 5. The summed E-state index contributed by atoms with van der Waals surface area (Å²) in [5.41, 5.74) is 2.29. The smallest absolute Gasteiger partial charge is 0.313 e. The number of hydrogen-bond donors (Lipinski definition) is 1. The molecule has 0 amide bonds. The molecule has 0 spiro atoms. The number of carbonyl (C=O) groups is 1. The largest absolute Gasteiger partial charge is 0.485 e. The van der Waals surface area contributed by atoms with Crippen molar-refractivity contribution in [1.29, 1.82) is 0 Å². The molecule has 0 radical (unpaired) electrons. The first kappa shape index (κ1) is 17.3. The number of rotatable bonds is 7. The molecular formula is C16H21N3O3S. The van der Waals surface area contributed by atoms with E-state index in [-0.39, 0.29) is 5.75 Å². The molecule has 0 saturated heterocycles. The number of ether oxygens (including phenoxy) is 1. The van der Waals surface area contributed by atoms with Crippen LogP contribution < -0.4 is 4.74 Å². The molecule has 1 aromatic heterocycles. The van der Waals surface area contributed by atoms with E-state index in [1.165, 1.54) is 0 Å². The summed E-state index contributed by atoms with van der Waals surface area (Å²) >= 11 is 1.14. The third-order valence-electron chi connectivity index (χ3n) is 3.40. The number of aromatic nitrogens is 3. The summed E-state index contributed by atoms with van der Waals surface area (Å²) in [6.07, 6.45) is 0. The van der Waals surface area contributed by atoms with Gasteiger partial charge in [-0.05, 0) is 30.0 Å². The quantitative estimate of drug-likeness (QED) is 0.784. The van der Waals surface area contributed by atoms with Crippen LogP contribution in [0.2, 0.25) is 0 Å². The van der Waals surface area contributed by atoms with Crippen LogP contribution in [0.25, 0.3) is 0 Å². The zero-order chi connectivity index (χ0) is 17.0. The first-order valence-electron chi connectivity index (χ1n) is 7.34. The molecule has 0 aliphatic heterocycles. The molecule has 0 aliphatic rings. The molecule has 2 aromatic rings. The average molecular weight is 335 g/mol. The molecule has 0 aliphatic carbocycles. The van der Waals surface area contributed by atoms with Gasteiger partial charge in [0.05, 0.1) is 5.75 Å². The molecule has 0 saturated carbocycles. The van der Waals surface area contributed by atoms with Gasteiger partial charge in [-0.1, -0.05) is 37.7 Å². The van der Waals surface area contributed by atoms with Crippen molar-refractivity contribution in [2.24, 2.45) is 7.05 Å². The standard InChI is InChI=1S/C16H21N3O3S/c1-10(2)12-6-5-11(3)7-13(12)22-8-14-17-18-16(19(14)4)23-9-15(20)21/h5-7,10H,8-9H2,1-4H3,(H,20,21). The molecule has 6 nitrogen and oxygen atoms in total. The van der Waals surface area contributed by atoms with Crippen LogP contribution >= 0.6 is 11.8 Å². The lowest BCUT2D eigenvalue weighted by atomic mass is 10.0. The second-order valence-corrected chi connectivity index (χ2v) is 6.57. The second-order valence-electron chi connectivity index (χ2n) is 5.62. The fourth-order valence-electron chi connectivity index (χ4n) is 2.11. The molecule has 0 bridgehead atoms. The summed E-state index contributed by atoms with van der Waals surface area (Å²) < 4.78 is 7.70. The Balaban J connectivity index is 2.10. The molecule has 124 valence electrons. The molecule has 7 heteroatoms. The van der Waals surface area contributed by atoms with Gasteiger partial charge < -0.3 is 14.4 Å². The Labute approximate surface area is 139 Å². The Morgan fingerprint density at radius 3 is 2.78 bits per heavy atom. The summed E-state index contributed by atoms with van der Waals surface area (Å²) in [7, 11) is 1.81. The van der Waals surface area contributed by atoms with E-state index in [9.17, 15) is 4.79 Å². The number of thioether (sulfide) groups is 1. The number of aryl methyl sites for hydroxylation is 1. The number of benzene rings is 1. The van der Waals surface area contributed by atoms with E-state index < -0.39 is 5.97 Å². The number of carboxylic acid groups (broad SMARTS) is 1. The van der Waals surface area contributed by atoms with Crippen LogP contribution in [0.3, 0.4) is 0 Å². The summed E-state index contributed by atoms with van der Waals surface area (Å²) in [5.74, 6) is 0.961. The van der Waals surface area contributed by atoms with Crippen molar-refractivity contribution < 1.29 is 14.6 Å². The highest BCUT2D eigenvalue weighted by Gasteiger charge is 2.13. The van der Waals surface area contributed by atoms with E-state index in [1.54, 1.807) is 4.57 Å². The number of aliphatic carboxylic acids is 1. The monoisotopic (exact) mass is 335 g/mol. The third-order valence-corrected chi connectivity index (χ3v) is 4.40. The minimum absolute atomic E-state index is 0.0395. The maximum Gasteiger partial charge on any atom is 0.313 e. The van der Waals surface area contributed by atoms with Crippen molar-refractivity contribution in [3.63, 3.8) is 0 Å². The van der Waals surface area contributed by atoms with Gasteiger partial charge in [0.2, 0.25) is 0 Å². The second kappa shape index (κ2) is 7.50. The molecule has 23 heavy (non-hydrogen) atoms. The molecule has 0 atom stereocenters. The topological polar surface area (TPSA) is 77.2 Å². The van der Waals surface area contributed by atoms with Crippen LogP contribution in [0.15, 0.2) is 23.4 Å². The van der Waals surface area contributed by atoms with Gasteiger partial charge in [0, 0.05) is 7.05 Å². The van der Waals surface area contributed by atoms with E-state index in [2.05, 4.69) is 36.2 Å². The van der Waals surface area contributed by atoms with Crippen LogP contribution in [-0.2, 0) is 18.4 Å². The normalized spacial score (nSPS) is 11.0. The minimum Gasteiger partial charge on any atom is -0.485 e. The number of nitrogens with zero attached hydrogens (tertiary/aromatic N) is 3. The van der Waals surface area contributed by atoms with Gasteiger partial charge in [0.1, 0.15) is 12.4 Å². The predicted molar refractivity (Wildman–Crippen MR) is 89.0 cm³/mol. The van der Waals surface area contributed by atoms with Crippen molar-refractivity contribution in [2.45, 2.75) is 38.5 Å². The highest BCUT2D eigenvalue weighted by molar-refractivity contribution is 7.99. The lowest BCUT2D eigenvalue weighted by molar-refractivity contribution is -0.133. The summed E-state index contributed by atoms with van der Waals surface area (Å²) in [5, 5.41) is 17.4. The SMILES string of the molecule is Cc1ccc(C(C)C)c(OCc2nnc(SCC(=O)O)n2C)c1. The van der Waals surface area contributed by atoms with Gasteiger partial charge in [0.25, 0.3) is 0 Å². The summed E-state index contributed by atoms with van der Waals surface area (Å²) in [6, 6.07) is 6.18. The van der Waals surface area contributed by atoms with Gasteiger partial charge in [0.15, 0.2) is 11.0 Å². The van der Waals surface area contributed by atoms with Gasteiger partial charge in [-0.2, -0.15) is 0 Å². The lowest BCUT2D eigenvalue weighted by Crippen LogP contribution is -2.07. The third kappa shape index (κ3) is 4.48. The number of carboxylic acids is 1. The minimum atomic E-state index is -0.878. The Morgan fingerprint density at radius 2 is 2.13 bits per heavy atom. The van der Waals surface area contributed by atoms with Gasteiger partial charge in [-0.15, -0.1) is 10.2 Å². The fraction of sp³-hybridized carbons (Fsp3) is 0.438. The molecule has 0 unspecified atom stereocenters. The van der Waals surface area contributed by atoms with E-state index >= 15 is 0 Å². The molecule has 0 fully saturated rings. The zero-order valence-electron chi connectivity index (χ0n) is 13.7. The van der Waals surface area contributed by atoms with E-state index in [4.69, 9.17) is 9.84 Å². The molecular weight excluding hydrogens is 314 g/mol.